The van der Waals surface area contributed by atoms with E-state index >= 15 is 0 Å². The molecule has 0 aromatic heterocycles. The van der Waals surface area contributed by atoms with Crippen molar-refractivity contribution in [3.8, 4) is 0 Å². The van der Waals surface area contributed by atoms with Gasteiger partial charge in [0.2, 0.25) is 11.8 Å². The van der Waals surface area contributed by atoms with Crippen molar-refractivity contribution >= 4 is 17.9 Å². The molecule has 1 atom stereocenters. The highest BCUT2D eigenvalue weighted by Crippen LogP contribution is 2.34. The summed E-state index contributed by atoms with van der Waals surface area (Å²) in [4.78, 5) is 42.2. The first-order valence-electron chi connectivity index (χ1n) is 11.0. The number of ether oxygens (including phenoxy) is 1. The lowest BCUT2D eigenvalue weighted by atomic mass is 9.81. The molecule has 7 nitrogen and oxygen atoms in total. The molecule has 1 aromatic carbocycles. The number of hydrogen-bond donors (Lipinski definition) is 1. The van der Waals surface area contributed by atoms with Crippen LogP contribution in [0.1, 0.15) is 52.0 Å². The van der Waals surface area contributed by atoms with Crippen molar-refractivity contribution in [3.63, 3.8) is 0 Å². The van der Waals surface area contributed by atoms with Crippen LogP contribution in [0.25, 0.3) is 0 Å². The van der Waals surface area contributed by atoms with Crippen molar-refractivity contribution in [2.24, 2.45) is 5.92 Å². The number of carbonyl (C=O) groups is 3. The van der Waals surface area contributed by atoms with E-state index in [0.29, 0.717) is 44.8 Å². The van der Waals surface area contributed by atoms with E-state index in [1.165, 1.54) is 0 Å². The van der Waals surface area contributed by atoms with Gasteiger partial charge in [0, 0.05) is 19.6 Å². The first-order chi connectivity index (χ1) is 14.4. The number of nitrogens with one attached hydrogen (secondary N) is 1. The summed E-state index contributed by atoms with van der Waals surface area (Å²) in [6.45, 7) is 7.67. The molecule has 1 aromatic rings. The second kappa shape index (κ2) is 9.49. The Hall–Kier alpha value is -2.57. The standard InChI is InChI=1S/C23H33N3O4/c1-4-12-26-20(27)19(15-17(2)3)24-21(28)23(26)10-13-25(14-11-23)22(29)30-16-18-8-6-5-7-9-18/h5-9,17,19H,4,10-16H2,1-3H3,(H,24,28). The van der Waals surface area contributed by atoms with Gasteiger partial charge in [0.25, 0.3) is 0 Å². The van der Waals surface area contributed by atoms with Gasteiger partial charge in [0.05, 0.1) is 0 Å². The Kier molecular flexibility index (Phi) is 7.00. The molecule has 0 radical (unpaired) electrons. The molecule has 0 saturated carbocycles. The average Bonchev–Trinajstić information content (AvgIpc) is 2.74. The van der Waals surface area contributed by atoms with Crippen molar-refractivity contribution in [2.75, 3.05) is 19.6 Å². The summed E-state index contributed by atoms with van der Waals surface area (Å²) in [5, 5.41) is 2.97. The number of likely N-dealkylation sites (tertiary alicyclic amines) is 1. The Morgan fingerprint density at radius 3 is 2.47 bits per heavy atom. The van der Waals surface area contributed by atoms with E-state index < -0.39 is 11.6 Å². The molecular weight excluding hydrogens is 382 g/mol. The quantitative estimate of drug-likeness (QED) is 0.775. The topological polar surface area (TPSA) is 79.0 Å². The molecule has 7 heteroatoms. The summed E-state index contributed by atoms with van der Waals surface area (Å²) in [5.74, 6) is 0.238. The normalized spacial score (nSPS) is 21.1. The molecule has 164 valence electrons. The molecule has 1 N–H and O–H groups in total. The number of benzene rings is 1. The minimum Gasteiger partial charge on any atom is -0.445 e. The minimum atomic E-state index is -0.864. The van der Waals surface area contributed by atoms with Gasteiger partial charge in [-0.2, -0.15) is 0 Å². The summed E-state index contributed by atoms with van der Waals surface area (Å²) in [6.07, 6.45) is 1.91. The monoisotopic (exact) mass is 415 g/mol. The summed E-state index contributed by atoms with van der Waals surface area (Å²) < 4.78 is 5.43. The second-order valence-corrected chi connectivity index (χ2v) is 8.70. The van der Waals surface area contributed by atoms with Crippen molar-refractivity contribution in [1.29, 1.82) is 0 Å². The van der Waals surface area contributed by atoms with E-state index in [1.807, 2.05) is 51.1 Å². The molecule has 0 bridgehead atoms. The fourth-order valence-electron chi connectivity index (χ4n) is 4.42. The zero-order chi connectivity index (χ0) is 21.7. The maximum absolute atomic E-state index is 13.2. The number of piperazine rings is 1. The van der Waals surface area contributed by atoms with Gasteiger partial charge in [-0.1, -0.05) is 51.1 Å². The molecule has 0 aliphatic carbocycles. The fraction of sp³-hybridized carbons (Fsp3) is 0.609. The molecule has 1 spiro atoms. The van der Waals surface area contributed by atoms with Crippen molar-refractivity contribution in [3.05, 3.63) is 35.9 Å². The molecule has 2 aliphatic rings. The van der Waals surface area contributed by atoms with Gasteiger partial charge in [-0.3, -0.25) is 9.59 Å². The largest absolute Gasteiger partial charge is 0.445 e. The molecule has 3 amide bonds. The highest BCUT2D eigenvalue weighted by Gasteiger charge is 2.53. The van der Waals surface area contributed by atoms with Crippen molar-refractivity contribution in [1.82, 2.24) is 15.1 Å². The first-order valence-corrected chi connectivity index (χ1v) is 11.0. The van der Waals surface area contributed by atoms with Crippen LogP contribution in [0.2, 0.25) is 0 Å². The lowest BCUT2D eigenvalue weighted by Crippen LogP contribution is -2.73. The second-order valence-electron chi connectivity index (χ2n) is 8.70. The Bertz CT molecular complexity index is 757. The molecule has 2 fully saturated rings. The van der Waals surface area contributed by atoms with Crippen molar-refractivity contribution < 1.29 is 19.1 Å². The van der Waals surface area contributed by atoms with Crippen LogP contribution in [0, 0.1) is 5.92 Å². The third-order valence-corrected chi connectivity index (χ3v) is 6.02. The fourth-order valence-corrected chi connectivity index (χ4v) is 4.42. The van der Waals surface area contributed by atoms with Gasteiger partial charge in [0.1, 0.15) is 18.2 Å². The van der Waals surface area contributed by atoms with Crippen LogP contribution >= 0.6 is 0 Å². The summed E-state index contributed by atoms with van der Waals surface area (Å²) >= 11 is 0. The third kappa shape index (κ3) is 4.60. The van der Waals surface area contributed by atoms with Crippen molar-refractivity contribution in [2.45, 2.75) is 64.6 Å². The molecule has 1 unspecified atom stereocenters. The number of hydrogen-bond acceptors (Lipinski definition) is 4. The van der Waals surface area contributed by atoms with Crippen LogP contribution in [0.5, 0.6) is 0 Å². The zero-order valence-electron chi connectivity index (χ0n) is 18.2. The van der Waals surface area contributed by atoms with Crippen LogP contribution in [-0.2, 0) is 20.9 Å². The predicted molar refractivity (Wildman–Crippen MR) is 114 cm³/mol. The van der Waals surface area contributed by atoms with E-state index in [1.54, 1.807) is 9.80 Å². The van der Waals surface area contributed by atoms with Gasteiger partial charge >= 0.3 is 6.09 Å². The van der Waals surface area contributed by atoms with E-state index in [-0.39, 0.29) is 24.5 Å². The molecular formula is C23H33N3O4. The van der Waals surface area contributed by atoms with Gasteiger partial charge < -0.3 is 19.9 Å². The number of amides is 3. The minimum absolute atomic E-state index is 0.00486. The van der Waals surface area contributed by atoms with Gasteiger partial charge in [-0.25, -0.2) is 4.79 Å². The number of nitrogens with zero attached hydrogens (tertiary/aromatic N) is 2. The Balaban J connectivity index is 1.64. The van der Waals surface area contributed by atoms with E-state index in [2.05, 4.69) is 5.32 Å². The molecule has 2 heterocycles. The highest BCUT2D eigenvalue weighted by atomic mass is 16.6. The van der Waals surface area contributed by atoms with Crippen LogP contribution in [0.15, 0.2) is 30.3 Å². The van der Waals surface area contributed by atoms with Crippen LogP contribution in [0.3, 0.4) is 0 Å². The zero-order valence-corrected chi connectivity index (χ0v) is 18.2. The maximum Gasteiger partial charge on any atom is 0.410 e. The van der Waals surface area contributed by atoms with E-state index in [4.69, 9.17) is 4.74 Å². The molecule has 3 rings (SSSR count). The maximum atomic E-state index is 13.2. The average molecular weight is 416 g/mol. The third-order valence-electron chi connectivity index (χ3n) is 6.02. The highest BCUT2D eigenvalue weighted by molar-refractivity contribution is 6.00. The smallest absolute Gasteiger partial charge is 0.410 e. The Morgan fingerprint density at radius 1 is 1.20 bits per heavy atom. The predicted octanol–water partition coefficient (Wildman–Crippen LogP) is 2.94. The summed E-state index contributed by atoms with van der Waals surface area (Å²) in [7, 11) is 0. The molecule has 30 heavy (non-hydrogen) atoms. The Morgan fingerprint density at radius 2 is 1.87 bits per heavy atom. The molecule has 2 aliphatic heterocycles. The van der Waals surface area contributed by atoms with Gasteiger partial charge in [-0.15, -0.1) is 0 Å². The van der Waals surface area contributed by atoms with Crippen LogP contribution in [-0.4, -0.2) is 58.9 Å². The van der Waals surface area contributed by atoms with Gasteiger partial charge in [-0.05, 0) is 37.2 Å². The summed E-state index contributed by atoms with van der Waals surface area (Å²) in [5.41, 5.74) is 0.0680. The number of carbonyl (C=O) groups excluding carboxylic acids is 3. The lowest BCUT2D eigenvalue weighted by Gasteiger charge is -2.51. The SMILES string of the molecule is CCCN1C(=O)C(CC(C)C)NC(=O)C12CCN(C(=O)OCc1ccccc1)CC2. The van der Waals surface area contributed by atoms with Crippen LogP contribution in [0.4, 0.5) is 4.79 Å². The van der Waals surface area contributed by atoms with Crippen LogP contribution < -0.4 is 5.32 Å². The first kappa shape index (κ1) is 22.1. The molecule has 2 saturated heterocycles. The van der Waals surface area contributed by atoms with Gasteiger partial charge in [0.15, 0.2) is 0 Å². The number of piperidine rings is 1. The number of rotatable bonds is 6. The Labute approximate surface area is 178 Å². The van der Waals surface area contributed by atoms with E-state index in [9.17, 15) is 14.4 Å². The van der Waals surface area contributed by atoms with E-state index in [0.717, 1.165) is 12.0 Å². The lowest BCUT2D eigenvalue weighted by molar-refractivity contribution is -0.161. The summed E-state index contributed by atoms with van der Waals surface area (Å²) in [6, 6.07) is 9.09.